The van der Waals surface area contributed by atoms with Gasteiger partial charge in [-0.15, -0.1) is 16.9 Å². The molecule has 0 radical (unpaired) electrons. The third-order valence-electron chi connectivity index (χ3n) is 2.70. The van der Waals surface area contributed by atoms with Crippen molar-refractivity contribution in [1.82, 2.24) is 15.0 Å². The summed E-state index contributed by atoms with van der Waals surface area (Å²) >= 11 is 1.48. The van der Waals surface area contributed by atoms with Gasteiger partial charge in [0.05, 0.1) is 11.9 Å². The van der Waals surface area contributed by atoms with Crippen LogP contribution in [0.15, 0.2) is 6.20 Å². The molecule has 15 heavy (non-hydrogen) atoms. The zero-order valence-electron chi connectivity index (χ0n) is 8.51. The maximum Gasteiger partial charge on any atom is 0.326 e. The molecular weight excluding hydrogens is 214 g/mol. The van der Waals surface area contributed by atoms with E-state index in [-0.39, 0.29) is 0 Å². The van der Waals surface area contributed by atoms with Crippen molar-refractivity contribution in [2.75, 3.05) is 5.75 Å². The molecule has 1 unspecified atom stereocenters. The van der Waals surface area contributed by atoms with E-state index in [1.54, 1.807) is 10.9 Å². The molecule has 0 spiro atoms. The lowest BCUT2D eigenvalue weighted by Gasteiger charge is -2.22. The summed E-state index contributed by atoms with van der Waals surface area (Å²) in [6.45, 7) is 2.60. The second-order valence-corrected chi connectivity index (χ2v) is 4.91. The highest BCUT2D eigenvalue weighted by atomic mass is 32.2. The van der Waals surface area contributed by atoms with Gasteiger partial charge in [0.2, 0.25) is 0 Å². The average Bonchev–Trinajstić information content (AvgIpc) is 2.86. The van der Waals surface area contributed by atoms with Crippen molar-refractivity contribution in [2.24, 2.45) is 0 Å². The predicted molar refractivity (Wildman–Crippen MR) is 56.7 cm³/mol. The fourth-order valence-electron chi connectivity index (χ4n) is 1.92. The van der Waals surface area contributed by atoms with E-state index in [1.165, 1.54) is 11.8 Å². The second kappa shape index (κ2) is 3.84. The molecule has 1 aliphatic heterocycles. The Morgan fingerprint density at radius 3 is 3.13 bits per heavy atom. The SMILES string of the molecule is CCn1nncc1C1(C(=O)O)CCCS1. The molecule has 0 aliphatic carbocycles. The number of nitrogens with zero attached hydrogens (tertiary/aromatic N) is 3. The molecule has 6 heteroatoms. The van der Waals surface area contributed by atoms with E-state index in [1.807, 2.05) is 6.92 Å². The van der Waals surface area contributed by atoms with E-state index < -0.39 is 10.7 Å². The highest BCUT2D eigenvalue weighted by molar-refractivity contribution is 8.01. The standard InChI is InChI=1S/C9H13N3O2S/c1-2-12-7(6-10-11-12)9(8(13)14)4-3-5-15-9/h6H,2-5H2,1H3,(H,13,14). The lowest BCUT2D eigenvalue weighted by Crippen LogP contribution is -2.32. The van der Waals surface area contributed by atoms with Crippen LogP contribution < -0.4 is 0 Å². The molecule has 5 nitrogen and oxygen atoms in total. The Morgan fingerprint density at radius 1 is 1.80 bits per heavy atom. The maximum atomic E-state index is 11.4. The van der Waals surface area contributed by atoms with Crippen LogP contribution in [-0.2, 0) is 16.1 Å². The Bertz CT molecular complexity index is 371. The zero-order chi connectivity index (χ0) is 10.9. The molecule has 1 saturated heterocycles. The number of hydrogen-bond acceptors (Lipinski definition) is 4. The minimum atomic E-state index is -0.820. The maximum absolute atomic E-state index is 11.4. The summed E-state index contributed by atoms with van der Waals surface area (Å²) in [5, 5.41) is 17.1. The first-order chi connectivity index (χ1) is 7.20. The van der Waals surface area contributed by atoms with Gasteiger partial charge in [-0.1, -0.05) is 5.21 Å². The zero-order valence-corrected chi connectivity index (χ0v) is 9.33. The minimum absolute atomic E-state index is 0.658. The molecule has 1 fully saturated rings. The normalized spacial score (nSPS) is 25.7. The first kappa shape index (κ1) is 10.5. The Kier molecular flexibility index (Phi) is 2.68. The monoisotopic (exact) mass is 227 g/mol. The van der Waals surface area contributed by atoms with Gasteiger partial charge in [-0.2, -0.15) is 0 Å². The molecule has 1 aliphatic rings. The van der Waals surface area contributed by atoms with E-state index in [2.05, 4.69) is 10.3 Å². The molecule has 0 bridgehead atoms. The van der Waals surface area contributed by atoms with Gasteiger partial charge in [-0.25, -0.2) is 4.68 Å². The Labute approximate surface area is 91.9 Å². The number of carbonyl (C=O) groups is 1. The summed E-state index contributed by atoms with van der Waals surface area (Å²) in [5.41, 5.74) is 0.722. The molecule has 1 aromatic heterocycles. The molecule has 2 heterocycles. The minimum Gasteiger partial charge on any atom is -0.480 e. The topological polar surface area (TPSA) is 68.0 Å². The molecule has 0 aromatic carbocycles. The first-order valence-corrected chi connectivity index (χ1v) is 5.95. The van der Waals surface area contributed by atoms with Gasteiger partial charge in [0.25, 0.3) is 0 Å². The van der Waals surface area contributed by atoms with Gasteiger partial charge in [0.15, 0.2) is 4.75 Å². The van der Waals surface area contributed by atoms with E-state index in [4.69, 9.17) is 0 Å². The third-order valence-corrected chi connectivity index (χ3v) is 4.27. The van der Waals surface area contributed by atoms with Crippen LogP contribution in [-0.4, -0.2) is 31.8 Å². The Hall–Kier alpha value is -1.04. The molecular formula is C9H13N3O2S. The summed E-state index contributed by atoms with van der Waals surface area (Å²) in [4.78, 5) is 11.4. The summed E-state index contributed by atoms with van der Waals surface area (Å²) < 4.78 is 0.853. The van der Waals surface area contributed by atoms with Gasteiger partial charge in [-0.3, -0.25) is 4.79 Å². The highest BCUT2D eigenvalue weighted by Crippen LogP contribution is 2.46. The van der Waals surface area contributed by atoms with Crippen LogP contribution in [0.2, 0.25) is 0 Å². The fourth-order valence-corrected chi connectivity index (χ4v) is 3.28. The number of carboxylic acid groups (broad SMARTS) is 1. The van der Waals surface area contributed by atoms with Crippen molar-refractivity contribution in [3.8, 4) is 0 Å². The molecule has 0 saturated carbocycles. The largest absolute Gasteiger partial charge is 0.480 e. The second-order valence-electron chi connectivity index (χ2n) is 3.52. The molecule has 1 N–H and O–H groups in total. The number of carboxylic acids is 1. The van der Waals surface area contributed by atoms with Crippen molar-refractivity contribution in [1.29, 1.82) is 0 Å². The van der Waals surface area contributed by atoms with Gasteiger partial charge in [-0.05, 0) is 25.5 Å². The molecule has 1 aromatic rings. The van der Waals surface area contributed by atoms with Crippen LogP contribution in [0.5, 0.6) is 0 Å². The smallest absolute Gasteiger partial charge is 0.326 e. The van der Waals surface area contributed by atoms with E-state index in [9.17, 15) is 9.90 Å². The number of rotatable bonds is 3. The molecule has 2 rings (SSSR count). The summed E-state index contributed by atoms with van der Waals surface area (Å²) in [6.07, 6.45) is 3.18. The highest BCUT2D eigenvalue weighted by Gasteiger charge is 2.46. The molecule has 1 atom stereocenters. The number of hydrogen-bond donors (Lipinski definition) is 1. The van der Waals surface area contributed by atoms with E-state index in [0.29, 0.717) is 13.0 Å². The quantitative estimate of drug-likeness (QED) is 0.837. The molecule has 0 amide bonds. The van der Waals surface area contributed by atoms with Crippen molar-refractivity contribution in [2.45, 2.75) is 31.1 Å². The van der Waals surface area contributed by atoms with Crippen LogP contribution in [0.1, 0.15) is 25.5 Å². The van der Waals surface area contributed by atoms with Gasteiger partial charge in [0, 0.05) is 6.54 Å². The van der Waals surface area contributed by atoms with Crippen LogP contribution in [0.3, 0.4) is 0 Å². The van der Waals surface area contributed by atoms with Crippen molar-refractivity contribution in [3.05, 3.63) is 11.9 Å². The van der Waals surface area contributed by atoms with Gasteiger partial charge < -0.3 is 5.11 Å². The molecule has 82 valence electrons. The van der Waals surface area contributed by atoms with E-state index in [0.717, 1.165) is 17.9 Å². The average molecular weight is 227 g/mol. The van der Waals surface area contributed by atoms with Crippen LogP contribution in [0.4, 0.5) is 0 Å². The number of thioether (sulfide) groups is 1. The summed E-state index contributed by atoms with van der Waals surface area (Å²) in [7, 11) is 0. The Morgan fingerprint density at radius 2 is 2.60 bits per heavy atom. The number of aliphatic carboxylic acids is 1. The summed E-state index contributed by atoms with van der Waals surface area (Å²) in [6, 6.07) is 0. The lowest BCUT2D eigenvalue weighted by atomic mass is 10.00. The van der Waals surface area contributed by atoms with Crippen molar-refractivity contribution in [3.63, 3.8) is 0 Å². The lowest BCUT2D eigenvalue weighted by molar-refractivity contribution is -0.140. The number of aromatic nitrogens is 3. The van der Waals surface area contributed by atoms with Crippen LogP contribution >= 0.6 is 11.8 Å². The first-order valence-electron chi connectivity index (χ1n) is 4.97. The van der Waals surface area contributed by atoms with Crippen LogP contribution in [0, 0.1) is 0 Å². The van der Waals surface area contributed by atoms with E-state index >= 15 is 0 Å². The van der Waals surface area contributed by atoms with Crippen LogP contribution in [0.25, 0.3) is 0 Å². The van der Waals surface area contributed by atoms with Gasteiger partial charge in [0.1, 0.15) is 0 Å². The Balaban J connectivity index is 2.45. The predicted octanol–water partition coefficient (Wildman–Crippen LogP) is 1.10. The number of aryl methyl sites for hydroxylation is 1. The third kappa shape index (κ3) is 1.52. The fraction of sp³-hybridized carbons (Fsp3) is 0.667. The summed E-state index contributed by atoms with van der Waals surface area (Å²) in [5.74, 6) is 0.114. The van der Waals surface area contributed by atoms with Crippen molar-refractivity contribution >= 4 is 17.7 Å². The van der Waals surface area contributed by atoms with Gasteiger partial charge >= 0.3 is 5.97 Å². The van der Waals surface area contributed by atoms with Crippen molar-refractivity contribution < 1.29 is 9.90 Å².